The molecule has 0 N–H and O–H groups in total. The third-order valence-corrected chi connectivity index (χ3v) is 3.77. The molecule has 2 rings (SSSR count). The van der Waals surface area contributed by atoms with Crippen LogP contribution < -0.4 is 0 Å². The van der Waals surface area contributed by atoms with Crippen molar-refractivity contribution in [2.45, 2.75) is 20.3 Å². The molecule has 0 saturated heterocycles. The Morgan fingerprint density at radius 1 is 1.32 bits per heavy atom. The van der Waals surface area contributed by atoms with Crippen LogP contribution in [0.4, 0.5) is 0 Å². The number of carbonyl (C=O) groups is 3. The van der Waals surface area contributed by atoms with Gasteiger partial charge in [0.15, 0.2) is 5.78 Å². The van der Waals surface area contributed by atoms with Gasteiger partial charge in [-0.1, -0.05) is 29.8 Å². The molecule has 2 amide bonds. The summed E-state index contributed by atoms with van der Waals surface area (Å²) in [5.41, 5.74) is 2.24. The van der Waals surface area contributed by atoms with Gasteiger partial charge in [-0.25, -0.2) is 0 Å². The molecule has 0 radical (unpaired) electrons. The zero-order chi connectivity index (χ0) is 16.3. The molecule has 1 aliphatic rings. The van der Waals surface area contributed by atoms with E-state index in [9.17, 15) is 14.4 Å². The molecular formula is C17H16ClNO3. The fraction of sp³-hybridized carbons (Fsp3) is 0.235. The quantitative estimate of drug-likeness (QED) is 0.636. The van der Waals surface area contributed by atoms with Crippen LogP contribution in [0.1, 0.15) is 34.8 Å². The molecule has 0 bridgehead atoms. The molecule has 0 aliphatic carbocycles. The van der Waals surface area contributed by atoms with Gasteiger partial charge in [-0.3, -0.25) is 19.3 Å². The molecule has 1 aromatic rings. The highest BCUT2D eigenvalue weighted by molar-refractivity contribution is 6.43. The predicted molar refractivity (Wildman–Crippen MR) is 85.5 cm³/mol. The summed E-state index contributed by atoms with van der Waals surface area (Å²) in [6.07, 6.45) is 5.08. The average molecular weight is 318 g/mol. The van der Waals surface area contributed by atoms with E-state index in [2.05, 4.69) is 0 Å². The zero-order valence-electron chi connectivity index (χ0n) is 12.4. The number of nitrogens with zero attached hydrogens (tertiary/aromatic N) is 1. The minimum Gasteiger partial charge on any atom is -0.295 e. The number of benzene rings is 1. The number of imide groups is 1. The van der Waals surface area contributed by atoms with Gasteiger partial charge in [0.1, 0.15) is 5.03 Å². The summed E-state index contributed by atoms with van der Waals surface area (Å²) < 4.78 is 0. The molecule has 114 valence electrons. The van der Waals surface area contributed by atoms with Crippen molar-refractivity contribution in [1.82, 2.24) is 4.90 Å². The maximum absolute atomic E-state index is 12.1. The summed E-state index contributed by atoms with van der Waals surface area (Å²) in [6, 6.07) is 5.37. The Morgan fingerprint density at radius 3 is 2.73 bits per heavy atom. The van der Waals surface area contributed by atoms with Gasteiger partial charge >= 0.3 is 0 Å². The number of Topliss-reactive ketones (excluding diaryl/α,β-unsaturated/α-hetero) is 1. The number of hydrogen-bond donors (Lipinski definition) is 0. The van der Waals surface area contributed by atoms with E-state index in [1.807, 2.05) is 19.1 Å². The van der Waals surface area contributed by atoms with Crippen molar-refractivity contribution in [1.29, 1.82) is 0 Å². The Balaban J connectivity index is 2.17. The fourth-order valence-electron chi connectivity index (χ4n) is 2.23. The molecule has 0 saturated carbocycles. The second kappa shape index (κ2) is 6.71. The number of carbonyl (C=O) groups excluding carboxylic acids is 3. The highest BCUT2D eigenvalue weighted by Crippen LogP contribution is 2.16. The first-order valence-corrected chi connectivity index (χ1v) is 7.29. The monoisotopic (exact) mass is 317 g/mol. The molecule has 0 fully saturated rings. The third kappa shape index (κ3) is 3.52. The minimum atomic E-state index is -0.476. The van der Waals surface area contributed by atoms with Gasteiger partial charge in [0.25, 0.3) is 11.8 Å². The number of rotatable bonds is 3. The molecule has 5 heteroatoms. The molecular weight excluding hydrogens is 302 g/mol. The summed E-state index contributed by atoms with van der Waals surface area (Å²) in [5, 5.41) is 0.0715. The van der Waals surface area contributed by atoms with Crippen LogP contribution in [0.3, 0.4) is 0 Å². The van der Waals surface area contributed by atoms with E-state index in [4.69, 9.17) is 11.6 Å². The first-order chi connectivity index (χ1) is 10.4. The van der Waals surface area contributed by atoms with Gasteiger partial charge in [-0.2, -0.15) is 0 Å². The molecule has 0 aromatic heterocycles. The second-order valence-electron chi connectivity index (χ2n) is 5.10. The molecule has 1 aromatic carbocycles. The van der Waals surface area contributed by atoms with Gasteiger partial charge in [0, 0.05) is 18.2 Å². The molecule has 1 heterocycles. The topological polar surface area (TPSA) is 54.5 Å². The van der Waals surface area contributed by atoms with Crippen molar-refractivity contribution in [3.05, 3.63) is 52.1 Å². The Kier molecular flexibility index (Phi) is 4.93. The highest BCUT2D eigenvalue weighted by atomic mass is 35.5. The molecule has 1 aliphatic heterocycles. The Hall–Kier alpha value is -2.20. The van der Waals surface area contributed by atoms with Crippen LogP contribution in [0.5, 0.6) is 0 Å². The van der Waals surface area contributed by atoms with Crippen LogP contribution in [-0.4, -0.2) is 29.0 Å². The molecule has 22 heavy (non-hydrogen) atoms. The lowest BCUT2D eigenvalue weighted by atomic mass is 10.0. The van der Waals surface area contributed by atoms with E-state index in [-0.39, 0.29) is 10.8 Å². The zero-order valence-corrected chi connectivity index (χ0v) is 13.2. The van der Waals surface area contributed by atoms with Gasteiger partial charge in [-0.15, -0.1) is 0 Å². The molecule has 0 unspecified atom stereocenters. The fourth-order valence-corrected chi connectivity index (χ4v) is 2.44. The lowest BCUT2D eigenvalue weighted by molar-refractivity contribution is -0.139. The number of amides is 2. The van der Waals surface area contributed by atoms with Crippen molar-refractivity contribution >= 4 is 35.3 Å². The van der Waals surface area contributed by atoms with E-state index >= 15 is 0 Å². The standard InChI is InChI=1S/C17H16ClNO3/c1-11-5-6-13(10-14(11)12(2)20)7-8-16(21)19-9-3-4-15(18)17(19)22/h4-8,10H,3,9H2,1-2H3/b8-7+. The smallest absolute Gasteiger partial charge is 0.271 e. The number of hydrogen-bond acceptors (Lipinski definition) is 3. The lowest BCUT2D eigenvalue weighted by Gasteiger charge is -2.21. The lowest BCUT2D eigenvalue weighted by Crippen LogP contribution is -2.38. The largest absolute Gasteiger partial charge is 0.295 e. The van der Waals surface area contributed by atoms with Crippen molar-refractivity contribution in [3.8, 4) is 0 Å². The van der Waals surface area contributed by atoms with Crippen LogP contribution in [-0.2, 0) is 9.59 Å². The van der Waals surface area contributed by atoms with E-state index in [1.54, 1.807) is 18.2 Å². The van der Waals surface area contributed by atoms with E-state index in [0.29, 0.717) is 18.5 Å². The van der Waals surface area contributed by atoms with Crippen LogP contribution in [0.25, 0.3) is 6.08 Å². The maximum Gasteiger partial charge on any atom is 0.271 e. The van der Waals surface area contributed by atoms with Gasteiger partial charge in [-0.05, 0) is 43.5 Å². The minimum absolute atomic E-state index is 0.0257. The molecule has 4 nitrogen and oxygen atoms in total. The molecule has 0 spiro atoms. The third-order valence-electron chi connectivity index (χ3n) is 3.45. The Morgan fingerprint density at radius 2 is 2.05 bits per heavy atom. The second-order valence-corrected chi connectivity index (χ2v) is 5.51. The number of halogens is 1. The van der Waals surface area contributed by atoms with E-state index in [0.717, 1.165) is 16.0 Å². The van der Waals surface area contributed by atoms with Crippen molar-refractivity contribution in [2.24, 2.45) is 0 Å². The summed E-state index contributed by atoms with van der Waals surface area (Å²) >= 11 is 5.75. The summed E-state index contributed by atoms with van der Waals surface area (Å²) in [4.78, 5) is 36.5. The summed E-state index contributed by atoms with van der Waals surface area (Å²) in [7, 11) is 0. The van der Waals surface area contributed by atoms with Crippen LogP contribution in [0.2, 0.25) is 0 Å². The maximum atomic E-state index is 12.1. The van der Waals surface area contributed by atoms with Gasteiger partial charge < -0.3 is 0 Å². The van der Waals surface area contributed by atoms with Crippen molar-refractivity contribution < 1.29 is 14.4 Å². The Labute approximate surface area is 134 Å². The van der Waals surface area contributed by atoms with Crippen LogP contribution >= 0.6 is 11.6 Å². The molecule has 0 atom stereocenters. The van der Waals surface area contributed by atoms with Crippen molar-refractivity contribution in [2.75, 3.05) is 6.54 Å². The average Bonchev–Trinajstić information content (AvgIpc) is 2.48. The predicted octanol–water partition coefficient (Wildman–Crippen LogP) is 3.09. The highest BCUT2D eigenvalue weighted by Gasteiger charge is 2.24. The summed E-state index contributed by atoms with van der Waals surface area (Å²) in [5.74, 6) is -0.917. The number of ketones is 1. The Bertz CT molecular complexity index is 704. The van der Waals surface area contributed by atoms with E-state index in [1.165, 1.54) is 13.0 Å². The number of aryl methyl sites for hydroxylation is 1. The van der Waals surface area contributed by atoms with Crippen LogP contribution in [0.15, 0.2) is 35.4 Å². The summed E-state index contributed by atoms with van der Waals surface area (Å²) in [6.45, 7) is 3.68. The SMILES string of the molecule is CC(=O)c1cc(/C=C/C(=O)N2CCC=C(Cl)C2=O)ccc1C. The first-order valence-electron chi connectivity index (χ1n) is 6.91. The van der Waals surface area contributed by atoms with Gasteiger partial charge in [0.05, 0.1) is 0 Å². The van der Waals surface area contributed by atoms with Gasteiger partial charge in [0.2, 0.25) is 0 Å². The normalized spacial score (nSPS) is 15.1. The van der Waals surface area contributed by atoms with E-state index < -0.39 is 11.8 Å². The van der Waals surface area contributed by atoms with Crippen LogP contribution in [0, 0.1) is 6.92 Å². The van der Waals surface area contributed by atoms with Crippen molar-refractivity contribution in [3.63, 3.8) is 0 Å². The first kappa shape index (κ1) is 16.2.